The highest BCUT2D eigenvalue weighted by Crippen LogP contribution is 2.13. The fourth-order valence-electron chi connectivity index (χ4n) is 0.679. The number of nitrogens with zero attached hydrogens (tertiary/aromatic N) is 1. The highest BCUT2D eigenvalue weighted by molar-refractivity contribution is 5.73. The molecule has 1 heterocycles. The fraction of sp³-hybridized carbons (Fsp3) is 0.444. The summed E-state index contributed by atoms with van der Waals surface area (Å²) >= 11 is 0. The van der Waals surface area contributed by atoms with Gasteiger partial charge >= 0.3 is 12.1 Å². The second kappa shape index (κ2) is 6.02. The standard InChI is InChI=1S/C7H10N2O.C2HF3O2/c1-5(2)7-8-4-3-6(10)9-7;3-2(4,5)1(6)7/h3-5H,1-2H3,(H,8,9,10);(H,6,7). The summed E-state index contributed by atoms with van der Waals surface area (Å²) in [6.45, 7) is 3.97. The van der Waals surface area contributed by atoms with Crippen molar-refractivity contribution in [3.63, 3.8) is 0 Å². The zero-order valence-corrected chi connectivity index (χ0v) is 9.08. The van der Waals surface area contributed by atoms with E-state index >= 15 is 0 Å². The molecular formula is C9H11F3N2O3. The van der Waals surface area contributed by atoms with E-state index in [0.717, 1.165) is 5.82 Å². The number of hydrogen-bond donors (Lipinski definition) is 2. The Hall–Kier alpha value is -1.86. The van der Waals surface area contributed by atoms with Gasteiger partial charge in [0, 0.05) is 18.2 Å². The van der Waals surface area contributed by atoms with Gasteiger partial charge in [0.05, 0.1) is 0 Å². The molecule has 0 amide bonds. The maximum atomic E-state index is 10.7. The molecule has 0 aromatic carbocycles. The molecule has 0 radical (unpaired) electrons. The lowest BCUT2D eigenvalue weighted by Crippen LogP contribution is -2.21. The first-order valence-electron chi connectivity index (χ1n) is 4.50. The third-order valence-corrected chi connectivity index (χ3v) is 1.48. The molecule has 0 saturated heterocycles. The quantitative estimate of drug-likeness (QED) is 0.793. The first-order chi connectivity index (χ1) is 7.64. The summed E-state index contributed by atoms with van der Waals surface area (Å²) in [5, 5.41) is 7.12. The van der Waals surface area contributed by atoms with E-state index in [4.69, 9.17) is 9.90 Å². The van der Waals surface area contributed by atoms with Crippen molar-refractivity contribution in [1.82, 2.24) is 9.97 Å². The number of aliphatic carboxylic acids is 1. The molecule has 0 bridgehead atoms. The monoisotopic (exact) mass is 252 g/mol. The third-order valence-electron chi connectivity index (χ3n) is 1.48. The van der Waals surface area contributed by atoms with Gasteiger partial charge in [-0.15, -0.1) is 0 Å². The topological polar surface area (TPSA) is 83.0 Å². The molecule has 2 N–H and O–H groups in total. The lowest BCUT2D eigenvalue weighted by molar-refractivity contribution is -0.192. The van der Waals surface area contributed by atoms with E-state index < -0.39 is 12.1 Å². The Balaban J connectivity index is 0.000000325. The summed E-state index contributed by atoms with van der Waals surface area (Å²) in [6, 6.07) is 1.41. The second-order valence-corrected chi connectivity index (χ2v) is 3.28. The van der Waals surface area contributed by atoms with E-state index in [1.165, 1.54) is 12.3 Å². The Bertz CT molecular complexity index is 426. The van der Waals surface area contributed by atoms with Gasteiger partial charge in [-0.3, -0.25) is 4.79 Å². The van der Waals surface area contributed by atoms with E-state index in [0.29, 0.717) is 0 Å². The summed E-state index contributed by atoms with van der Waals surface area (Å²) in [7, 11) is 0. The van der Waals surface area contributed by atoms with Gasteiger partial charge in [0.15, 0.2) is 0 Å². The summed E-state index contributed by atoms with van der Waals surface area (Å²) in [5.74, 6) is -1.73. The Morgan fingerprint density at radius 3 is 2.18 bits per heavy atom. The molecule has 1 aromatic rings. The van der Waals surface area contributed by atoms with Gasteiger partial charge in [-0.25, -0.2) is 9.78 Å². The third kappa shape index (κ3) is 6.33. The average molecular weight is 252 g/mol. The minimum Gasteiger partial charge on any atom is -0.475 e. The van der Waals surface area contributed by atoms with Crippen LogP contribution in [0.5, 0.6) is 0 Å². The Morgan fingerprint density at radius 2 is 1.94 bits per heavy atom. The van der Waals surface area contributed by atoms with Gasteiger partial charge < -0.3 is 10.1 Å². The van der Waals surface area contributed by atoms with Crippen LogP contribution in [0.4, 0.5) is 13.2 Å². The normalized spacial score (nSPS) is 10.7. The van der Waals surface area contributed by atoms with Crippen molar-refractivity contribution in [2.45, 2.75) is 25.9 Å². The van der Waals surface area contributed by atoms with Gasteiger partial charge in [-0.05, 0) is 0 Å². The number of carboxylic acids is 1. The molecule has 0 unspecified atom stereocenters. The zero-order valence-electron chi connectivity index (χ0n) is 9.08. The van der Waals surface area contributed by atoms with E-state index in [9.17, 15) is 18.0 Å². The van der Waals surface area contributed by atoms with Crippen molar-refractivity contribution in [3.05, 3.63) is 28.4 Å². The number of rotatable bonds is 1. The maximum Gasteiger partial charge on any atom is 0.490 e. The van der Waals surface area contributed by atoms with Crippen LogP contribution in [0, 0.1) is 0 Å². The second-order valence-electron chi connectivity index (χ2n) is 3.28. The average Bonchev–Trinajstić information content (AvgIpc) is 2.17. The molecule has 0 atom stereocenters. The minimum atomic E-state index is -5.08. The number of aromatic amines is 1. The van der Waals surface area contributed by atoms with Gasteiger partial charge in [0.25, 0.3) is 5.56 Å². The highest BCUT2D eigenvalue weighted by Gasteiger charge is 2.38. The lowest BCUT2D eigenvalue weighted by atomic mass is 10.2. The van der Waals surface area contributed by atoms with Gasteiger partial charge in [0.1, 0.15) is 5.82 Å². The Labute approximate surface area is 94.3 Å². The number of halogens is 3. The molecule has 5 nitrogen and oxygen atoms in total. The predicted octanol–water partition coefficient (Wildman–Crippen LogP) is 1.53. The van der Waals surface area contributed by atoms with Crippen LogP contribution in [-0.2, 0) is 4.79 Å². The summed E-state index contributed by atoms with van der Waals surface area (Å²) in [4.78, 5) is 26.2. The molecule has 0 fully saturated rings. The van der Waals surface area contributed by atoms with E-state index in [2.05, 4.69) is 9.97 Å². The van der Waals surface area contributed by atoms with E-state index in [1.807, 2.05) is 13.8 Å². The van der Waals surface area contributed by atoms with Crippen LogP contribution in [0.2, 0.25) is 0 Å². The Kier molecular flexibility index (Phi) is 5.36. The summed E-state index contributed by atoms with van der Waals surface area (Å²) in [5.41, 5.74) is -0.0845. The number of nitrogens with one attached hydrogen (secondary N) is 1. The first-order valence-corrected chi connectivity index (χ1v) is 4.50. The first kappa shape index (κ1) is 15.1. The zero-order chi connectivity index (χ0) is 13.6. The molecule has 1 aromatic heterocycles. The highest BCUT2D eigenvalue weighted by atomic mass is 19.4. The minimum absolute atomic E-state index is 0.0845. The van der Waals surface area contributed by atoms with Crippen LogP contribution >= 0.6 is 0 Å². The molecule has 0 aliphatic carbocycles. The number of alkyl halides is 3. The van der Waals surface area contributed by atoms with Crippen molar-refractivity contribution in [3.8, 4) is 0 Å². The van der Waals surface area contributed by atoms with Crippen LogP contribution < -0.4 is 5.56 Å². The van der Waals surface area contributed by atoms with Crippen LogP contribution in [0.3, 0.4) is 0 Å². The molecule has 96 valence electrons. The smallest absolute Gasteiger partial charge is 0.475 e. The molecule has 8 heteroatoms. The maximum absolute atomic E-state index is 10.7. The molecule has 1 rings (SSSR count). The molecular weight excluding hydrogens is 241 g/mol. The largest absolute Gasteiger partial charge is 0.490 e. The number of hydrogen-bond acceptors (Lipinski definition) is 3. The van der Waals surface area contributed by atoms with Crippen molar-refractivity contribution in [2.75, 3.05) is 0 Å². The lowest BCUT2D eigenvalue weighted by Gasteiger charge is -2.00. The van der Waals surface area contributed by atoms with Crippen molar-refractivity contribution in [2.24, 2.45) is 0 Å². The number of carbonyl (C=O) groups is 1. The SMILES string of the molecule is CC(C)c1nccc(=O)[nH]1.O=C(O)C(F)(F)F. The molecule has 0 aliphatic heterocycles. The van der Waals surface area contributed by atoms with Gasteiger partial charge in [-0.2, -0.15) is 13.2 Å². The van der Waals surface area contributed by atoms with Crippen LogP contribution in [0.15, 0.2) is 17.1 Å². The van der Waals surface area contributed by atoms with Gasteiger partial charge in [0.2, 0.25) is 0 Å². The summed E-state index contributed by atoms with van der Waals surface area (Å²) < 4.78 is 31.7. The molecule has 0 spiro atoms. The van der Waals surface area contributed by atoms with Crippen molar-refractivity contribution in [1.29, 1.82) is 0 Å². The van der Waals surface area contributed by atoms with Crippen molar-refractivity contribution >= 4 is 5.97 Å². The number of H-pyrrole nitrogens is 1. The number of aromatic nitrogens is 2. The van der Waals surface area contributed by atoms with Crippen LogP contribution in [-0.4, -0.2) is 27.2 Å². The van der Waals surface area contributed by atoms with Crippen LogP contribution in [0.1, 0.15) is 25.6 Å². The Morgan fingerprint density at radius 1 is 1.47 bits per heavy atom. The molecule has 0 aliphatic rings. The van der Waals surface area contributed by atoms with E-state index in [1.54, 1.807) is 0 Å². The fourth-order valence-corrected chi connectivity index (χ4v) is 0.679. The van der Waals surface area contributed by atoms with Crippen molar-refractivity contribution < 1.29 is 23.1 Å². The summed E-state index contributed by atoms with van der Waals surface area (Å²) in [6.07, 6.45) is -3.56. The number of carboxylic acid groups (broad SMARTS) is 1. The van der Waals surface area contributed by atoms with Crippen LogP contribution in [0.25, 0.3) is 0 Å². The van der Waals surface area contributed by atoms with E-state index in [-0.39, 0.29) is 11.5 Å². The van der Waals surface area contributed by atoms with Gasteiger partial charge in [-0.1, -0.05) is 13.8 Å². The molecule has 0 saturated carbocycles. The predicted molar refractivity (Wildman–Crippen MR) is 52.6 cm³/mol. The molecule has 17 heavy (non-hydrogen) atoms.